The monoisotopic (exact) mass is 929 g/mol. The van der Waals surface area contributed by atoms with Crippen LogP contribution in [0.1, 0.15) is 115 Å². The van der Waals surface area contributed by atoms with Crippen molar-refractivity contribution in [2.45, 2.75) is 112 Å². The van der Waals surface area contributed by atoms with Crippen LogP contribution in [0.25, 0.3) is 0 Å². The Morgan fingerprint density at radius 3 is 1.73 bits per heavy atom. The summed E-state index contributed by atoms with van der Waals surface area (Å²) in [5.41, 5.74) is 4.86. The Balaban J connectivity index is 0.000000279. The Hall–Kier alpha value is -5.12. The molecule has 6 rings (SSSR count). The lowest BCUT2D eigenvalue weighted by atomic mass is 9.91. The second-order valence-corrected chi connectivity index (χ2v) is 17.5. The van der Waals surface area contributed by atoms with Crippen LogP contribution in [0, 0.1) is 17.6 Å². The van der Waals surface area contributed by atoms with Gasteiger partial charge in [0.1, 0.15) is 28.5 Å². The highest BCUT2D eigenvalue weighted by molar-refractivity contribution is 9.08. The number of aliphatic imine (C=N–C) groups is 1. The number of hydrogen-bond acceptors (Lipinski definition) is 10. The van der Waals surface area contributed by atoms with E-state index in [9.17, 15) is 28.0 Å². The van der Waals surface area contributed by atoms with E-state index in [1.54, 1.807) is 52.6 Å². The average Bonchev–Trinajstić information content (AvgIpc) is 3.78. The van der Waals surface area contributed by atoms with Crippen molar-refractivity contribution in [2.24, 2.45) is 10.9 Å². The van der Waals surface area contributed by atoms with Gasteiger partial charge < -0.3 is 28.7 Å². The predicted molar refractivity (Wildman–Crippen MR) is 237 cm³/mol. The van der Waals surface area contributed by atoms with E-state index in [1.807, 2.05) is 55.4 Å². The molecule has 2 aromatic carbocycles. The number of fused-ring (bicyclic) bond motifs is 1. The summed E-state index contributed by atoms with van der Waals surface area (Å²) in [5, 5.41) is 5.30. The average molecular weight is 931 g/mol. The zero-order chi connectivity index (χ0) is 45.2. The van der Waals surface area contributed by atoms with Crippen LogP contribution in [0.5, 0.6) is 0 Å². The number of hydrogen-bond donors (Lipinski definition) is 0. The van der Waals surface area contributed by atoms with Gasteiger partial charge in [0.05, 0.1) is 39.4 Å². The first kappa shape index (κ1) is 51.2. The zero-order valence-electron chi connectivity index (χ0n) is 36.8. The van der Waals surface area contributed by atoms with Crippen molar-refractivity contribution >= 4 is 45.8 Å². The smallest absolute Gasteiger partial charge is 0.410 e. The third kappa shape index (κ3) is 14.2. The number of benzene rings is 2. The van der Waals surface area contributed by atoms with Gasteiger partial charge >= 0.3 is 24.1 Å². The summed E-state index contributed by atoms with van der Waals surface area (Å²) < 4.78 is 48.4. The van der Waals surface area contributed by atoms with Crippen LogP contribution in [0.4, 0.5) is 18.4 Å². The number of aromatic nitrogens is 2. The molecule has 62 heavy (non-hydrogen) atoms. The maximum atomic E-state index is 13.3. The molecule has 3 aromatic rings. The van der Waals surface area contributed by atoms with Gasteiger partial charge in [0.25, 0.3) is 0 Å². The lowest BCUT2D eigenvalue weighted by molar-refractivity contribution is -0.135. The summed E-state index contributed by atoms with van der Waals surface area (Å²) in [7, 11) is 0. The molecule has 0 spiro atoms. The van der Waals surface area contributed by atoms with Crippen molar-refractivity contribution in [3.8, 4) is 0 Å². The number of esters is 2. The predicted octanol–water partition coefficient (Wildman–Crippen LogP) is 9.65. The van der Waals surface area contributed by atoms with Gasteiger partial charge in [-0.25, -0.2) is 28.0 Å². The number of ether oxygens (including phenoxy) is 4. The third-order valence-electron chi connectivity index (χ3n) is 9.48. The fourth-order valence-electron chi connectivity index (χ4n) is 6.86. The lowest BCUT2D eigenvalue weighted by Crippen LogP contribution is -2.44. The normalized spacial score (nSPS) is 16.8. The van der Waals surface area contributed by atoms with Gasteiger partial charge in [0.2, 0.25) is 0 Å². The molecule has 3 aliphatic rings. The van der Waals surface area contributed by atoms with Crippen molar-refractivity contribution in [2.75, 3.05) is 39.4 Å². The summed E-state index contributed by atoms with van der Waals surface area (Å²) >= 11 is 3.26. The first-order chi connectivity index (χ1) is 28.6. The second kappa shape index (κ2) is 22.3. The molecule has 0 N–H and O–H groups in total. The second-order valence-electron chi connectivity index (χ2n) is 16.9. The van der Waals surface area contributed by atoms with Gasteiger partial charge in [0.15, 0.2) is 5.69 Å². The van der Waals surface area contributed by atoms with E-state index in [4.69, 9.17) is 18.9 Å². The van der Waals surface area contributed by atoms with E-state index in [-0.39, 0.29) is 55.8 Å². The highest BCUT2D eigenvalue weighted by atomic mass is 79.9. The fraction of sp³-hybridized carbons (Fsp3) is 0.522. The minimum absolute atomic E-state index is 0. The van der Waals surface area contributed by atoms with Crippen LogP contribution in [-0.4, -0.2) is 100 Å². The summed E-state index contributed by atoms with van der Waals surface area (Å²) in [6, 6.07) is 12.6. The fourth-order valence-corrected chi connectivity index (χ4v) is 7.24. The van der Waals surface area contributed by atoms with Gasteiger partial charge in [-0.05, 0) is 102 Å². The standard InChI is InChI=1S/C22H28FN3O4.C16H24N2O4.C7H6BrF.CH4/c1-6-29-20(27)18-17-13-25(21(28)30-22(3,4)5)11-14(2)19(17)26(24-18)12-15-7-9-16(23)10-8-15;1-6-21-14(19)13-12-9-18(15(20)22-16(3,4)5)8-10(2)11(12)7-17-13;8-5-6-1-3-7(9)4-2-6;/h7-10,14H,6,11-13H2,1-5H3;10H,6-9H2,1-5H3;1-4H,5H2;1H4. The molecule has 0 saturated carbocycles. The molecule has 340 valence electrons. The maximum Gasteiger partial charge on any atom is 0.410 e. The van der Waals surface area contributed by atoms with E-state index in [2.05, 4.69) is 26.0 Å². The number of nitrogens with zero attached hydrogens (tertiary/aromatic N) is 5. The minimum Gasteiger partial charge on any atom is -0.461 e. The number of carbonyl (C=O) groups is 4. The van der Waals surface area contributed by atoms with Crippen molar-refractivity contribution in [1.29, 1.82) is 0 Å². The Kier molecular flexibility index (Phi) is 18.4. The third-order valence-corrected chi connectivity index (χ3v) is 10.1. The minimum atomic E-state index is -0.614. The molecule has 13 nitrogen and oxygen atoms in total. The van der Waals surface area contributed by atoms with Gasteiger partial charge in [-0.3, -0.25) is 9.67 Å². The van der Waals surface area contributed by atoms with E-state index in [1.165, 1.54) is 24.3 Å². The van der Waals surface area contributed by atoms with Crippen LogP contribution in [-0.2, 0) is 42.2 Å². The molecule has 2 amide bonds. The molecule has 16 heteroatoms. The molecule has 2 unspecified atom stereocenters. The number of rotatable bonds is 7. The molecule has 0 saturated heterocycles. The van der Waals surface area contributed by atoms with Crippen molar-refractivity contribution in [1.82, 2.24) is 19.6 Å². The molecular formula is C46H62BrF2N5O8. The molecule has 0 aliphatic carbocycles. The van der Waals surface area contributed by atoms with E-state index < -0.39 is 29.2 Å². The quantitative estimate of drug-likeness (QED) is 0.129. The van der Waals surface area contributed by atoms with E-state index in [0.717, 1.165) is 33.3 Å². The van der Waals surface area contributed by atoms with Crippen LogP contribution < -0.4 is 0 Å². The first-order valence-corrected chi connectivity index (χ1v) is 21.5. The van der Waals surface area contributed by atoms with Gasteiger partial charge in [-0.2, -0.15) is 5.10 Å². The van der Waals surface area contributed by atoms with Gasteiger partial charge in [-0.15, -0.1) is 0 Å². The van der Waals surface area contributed by atoms with E-state index in [0.29, 0.717) is 50.6 Å². The van der Waals surface area contributed by atoms with Gasteiger partial charge in [0, 0.05) is 41.2 Å². The topological polar surface area (TPSA) is 142 Å². The Labute approximate surface area is 372 Å². The summed E-state index contributed by atoms with van der Waals surface area (Å²) in [6.45, 7) is 21.5. The van der Waals surface area contributed by atoms with Crippen LogP contribution in [0.3, 0.4) is 0 Å². The van der Waals surface area contributed by atoms with Gasteiger partial charge in [-0.1, -0.05) is 61.5 Å². The van der Waals surface area contributed by atoms with E-state index >= 15 is 0 Å². The summed E-state index contributed by atoms with van der Waals surface area (Å²) in [5.74, 6) is -1.34. The molecule has 1 aromatic heterocycles. The Bertz CT molecular complexity index is 2090. The summed E-state index contributed by atoms with van der Waals surface area (Å²) in [6.07, 6.45) is -0.790. The number of alkyl halides is 1. The summed E-state index contributed by atoms with van der Waals surface area (Å²) in [4.78, 5) is 57.0. The lowest BCUT2D eigenvalue weighted by Gasteiger charge is -2.34. The molecule has 0 fully saturated rings. The number of amides is 2. The van der Waals surface area contributed by atoms with Crippen LogP contribution in [0.15, 0.2) is 64.7 Å². The first-order valence-electron chi connectivity index (χ1n) is 20.4. The zero-order valence-corrected chi connectivity index (χ0v) is 38.4. The molecule has 0 bridgehead atoms. The van der Waals surface area contributed by atoms with Crippen LogP contribution >= 0.6 is 15.9 Å². The largest absolute Gasteiger partial charge is 0.461 e. The molecule has 2 atom stereocenters. The Morgan fingerprint density at radius 1 is 0.742 bits per heavy atom. The SMILES string of the molecule is C.CCOC(=O)C1=NCC2=C1CN(C(=O)OC(C)(C)C)CC2C.CCOC(=O)c1nn(Cc2ccc(F)cc2)c2c1CN(C(=O)OC(C)(C)C)CC2C.Fc1ccc(CBr)cc1. The number of halogens is 3. The number of carbonyl (C=O) groups excluding carboxylic acids is 4. The van der Waals surface area contributed by atoms with Crippen molar-refractivity contribution in [3.05, 3.63) is 99.4 Å². The molecule has 0 radical (unpaired) electrons. The van der Waals surface area contributed by atoms with Crippen LogP contribution in [0.2, 0.25) is 0 Å². The van der Waals surface area contributed by atoms with Crippen molar-refractivity contribution < 1.29 is 46.9 Å². The highest BCUT2D eigenvalue weighted by Crippen LogP contribution is 2.33. The Morgan fingerprint density at radius 2 is 1.23 bits per heavy atom. The molecule has 3 aliphatic heterocycles. The van der Waals surface area contributed by atoms with Crippen molar-refractivity contribution in [3.63, 3.8) is 0 Å². The maximum absolute atomic E-state index is 13.3. The molecule has 4 heterocycles. The highest BCUT2D eigenvalue weighted by Gasteiger charge is 2.38. The molecular weight excluding hydrogens is 868 g/mol.